The van der Waals surface area contributed by atoms with E-state index in [0.717, 1.165) is 0 Å². The molecule has 0 N–H and O–H groups in total. The highest BCUT2D eigenvalue weighted by molar-refractivity contribution is 7.58. The lowest BCUT2D eigenvalue weighted by Crippen LogP contribution is -2.12. The van der Waals surface area contributed by atoms with E-state index in [9.17, 15) is 13.2 Å². The van der Waals surface area contributed by atoms with Crippen molar-refractivity contribution < 1.29 is 13.2 Å². The molecular formula is C11H16F3S+. The SMILES string of the molecule is CC(C)(C)c1ccccc1[SH2+].FC(F)F. The predicted octanol–water partition coefficient (Wildman–Crippen LogP) is 3.53. The third-order valence-electron chi connectivity index (χ3n) is 1.74. The van der Waals surface area contributed by atoms with Crippen LogP contribution in [0, 0.1) is 0 Å². The van der Waals surface area contributed by atoms with Gasteiger partial charge >= 0.3 is 6.68 Å². The Labute approximate surface area is 93.9 Å². The van der Waals surface area contributed by atoms with Gasteiger partial charge in [-0.05, 0) is 24.1 Å². The summed E-state index contributed by atoms with van der Waals surface area (Å²) in [5.41, 5.74) is 1.59. The van der Waals surface area contributed by atoms with Crippen LogP contribution in [-0.2, 0) is 18.0 Å². The monoisotopic (exact) mass is 237 g/mol. The van der Waals surface area contributed by atoms with E-state index < -0.39 is 6.68 Å². The molecule has 0 aliphatic rings. The Morgan fingerprint density at radius 3 is 1.73 bits per heavy atom. The molecule has 1 aromatic carbocycles. The van der Waals surface area contributed by atoms with Crippen molar-refractivity contribution >= 4 is 12.6 Å². The first-order valence-electron chi connectivity index (χ1n) is 4.48. The third kappa shape index (κ3) is 6.44. The molecule has 0 saturated heterocycles. The Hall–Kier alpha value is -0.640. The number of hydrogen-bond donors (Lipinski definition) is 0. The highest BCUT2D eigenvalue weighted by atomic mass is 32.1. The van der Waals surface area contributed by atoms with Gasteiger partial charge in [-0.1, -0.05) is 39.0 Å². The van der Waals surface area contributed by atoms with Crippen LogP contribution in [0.3, 0.4) is 0 Å². The van der Waals surface area contributed by atoms with E-state index in [4.69, 9.17) is 0 Å². The minimum absolute atomic E-state index is 0.234. The van der Waals surface area contributed by atoms with Crippen molar-refractivity contribution in [2.45, 2.75) is 37.8 Å². The van der Waals surface area contributed by atoms with Gasteiger partial charge in [-0.15, -0.1) is 0 Å². The van der Waals surface area contributed by atoms with E-state index in [1.54, 1.807) is 0 Å². The molecule has 86 valence electrons. The van der Waals surface area contributed by atoms with Crippen molar-refractivity contribution in [1.29, 1.82) is 0 Å². The topological polar surface area (TPSA) is 0 Å². The molecule has 0 spiro atoms. The fourth-order valence-corrected chi connectivity index (χ4v) is 1.69. The van der Waals surface area contributed by atoms with Gasteiger partial charge in [-0.2, -0.15) is 13.2 Å². The third-order valence-corrected chi connectivity index (χ3v) is 2.17. The Morgan fingerprint density at radius 1 is 1.07 bits per heavy atom. The standard InChI is InChI=1S/C10H14S.CHF3/c1-10(2,3)8-6-4-5-7-9(8)11;2-1(3)4/h4-7,11H,1-3H3;1H/p+1. The van der Waals surface area contributed by atoms with E-state index in [-0.39, 0.29) is 5.41 Å². The lowest BCUT2D eigenvalue weighted by Gasteiger charge is -2.18. The summed E-state index contributed by atoms with van der Waals surface area (Å²) >= 11 is 3.58. The molecule has 0 bridgehead atoms. The van der Waals surface area contributed by atoms with Gasteiger partial charge in [0, 0.05) is 5.56 Å². The summed E-state index contributed by atoms with van der Waals surface area (Å²) in [5, 5.41) is 0. The molecule has 0 atom stereocenters. The van der Waals surface area contributed by atoms with Crippen LogP contribution in [0.1, 0.15) is 26.3 Å². The number of alkyl halides is 3. The second-order valence-electron chi connectivity index (χ2n) is 4.04. The minimum Gasteiger partial charge on any atom is -0.174 e. The van der Waals surface area contributed by atoms with Crippen LogP contribution in [0.25, 0.3) is 0 Å². The summed E-state index contributed by atoms with van der Waals surface area (Å²) in [6.45, 7) is 2.98. The maximum Gasteiger partial charge on any atom is 0.379 e. The number of benzene rings is 1. The van der Waals surface area contributed by atoms with E-state index in [0.29, 0.717) is 0 Å². The van der Waals surface area contributed by atoms with Crippen LogP contribution in [0.2, 0.25) is 0 Å². The predicted molar refractivity (Wildman–Crippen MR) is 60.7 cm³/mol. The Morgan fingerprint density at radius 2 is 1.47 bits per heavy atom. The first kappa shape index (κ1) is 14.4. The summed E-state index contributed by atoms with van der Waals surface area (Å²) in [5.74, 6) is 0. The van der Waals surface area contributed by atoms with Crippen LogP contribution in [0.5, 0.6) is 0 Å². The zero-order valence-electron chi connectivity index (χ0n) is 9.02. The lowest BCUT2D eigenvalue weighted by atomic mass is 9.87. The molecule has 0 saturated carbocycles. The normalized spacial score (nSPS) is 10.9. The van der Waals surface area contributed by atoms with E-state index in [1.807, 2.05) is 6.07 Å². The second-order valence-corrected chi connectivity index (χ2v) is 4.58. The number of halogens is 3. The first-order chi connectivity index (χ1) is 6.75. The zero-order chi connectivity index (χ0) is 12.1. The average molecular weight is 237 g/mol. The van der Waals surface area contributed by atoms with Gasteiger partial charge in [0.25, 0.3) is 0 Å². The molecule has 0 radical (unpaired) electrons. The highest BCUT2D eigenvalue weighted by Crippen LogP contribution is 2.24. The first-order valence-corrected chi connectivity index (χ1v) is 4.98. The maximum absolute atomic E-state index is 9.67. The fraction of sp³-hybridized carbons (Fsp3) is 0.455. The van der Waals surface area contributed by atoms with Crippen LogP contribution in [0.15, 0.2) is 29.2 Å². The molecule has 0 heterocycles. The largest absolute Gasteiger partial charge is 0.379 e. The maximum atomic E-state index is 9.67. The van der Waals surface area contributed by atoms with E-state index in [2.05, 4.69) is 51.6 Å². The van der Waals surface area contributed by atoms with E-state index in [1.165, 1.54) is 10.5 Å². The van der Waals surface area contributed by atoms with Gasteiger partial charge in [-0.25, -0.2) is 0 Å². The van der Waals surface area contributed by atoms with Gasteiger partial charge in [0.05, 0.1) is 0 Å². The van der Waals surface area contributed by atoms with Crippen LogP contribution in [0.4, 0.5) is 13.2 Å². The summed E-state index contributed by atoms with van der Waals surface area (Å²) in [7, 11) is 0. The minimum atomic E-state index is -3.67. The number of hydrogen-bond acceptors (Lipinski definition) is 0. The quantitative estimate of drug-likeness (QED) is 0.605. The van der Waals surface area contributed by atoms with Gasteiger partial charge in [-0.3, -0.25) is 0 Å². The van der Waals surface area contributed by atoms with Crippen molar-refractivity contribution in [3.8, 4) is 0 Å². The Balaban J connectivity index is 0.000000423. The van der Waals surface area contributed by atoms with Crippen molar-refractivity contribution in [3.63, 3.8) is 0 Å². The molecular weight excluding hydrogens is 221 g/mol. The molecule has 0 amide bonds. The average Bonchev–Trinajstić information content (AvgIpc) is 2.01. The molecule has 0 unspecified atom stereocenters. The van der Waals surface area contributed by atoms with Crippen molar-refractivity contribution in [3.05, 3.63) is 29.8 Å². The summed E-state index contributed by atoms with van der Waals surface area (Å²) in [6.07, 6.45) is 0. The Bertz CT molecular complexity index is 289. The van der Waals surface area contributed by atoms with Crippen molar-refractivity contribution in [2.75, 3.05) is 0 Å². The number of rotatable bonds is 0. The smallest absolute Gasteiger partial charge is 0.174 e. The molecule has 1 rings (SSSR count). The van der Waals surface area contributed by atoms with Crippen molar-refractivity contribution in [1.82, 2.24) is 0 Å². The lowest BCUT2D eigenvalue weighted by molar-refractivity contribution is 0.00819. The highest BCUT2D eigenvalue weighted by Gasteiger charge is 2.17. The summed E-state index contributed by atoms with van der Waals surface area (Å²) in [6, 6.07) is 8.35. The van der Waals surface area contributed by atoms with Crippen LogP contribution in [-0.4, -0.2) is 6.68 Å². The van der Waals surface area contributed by atoms with E-state index >= 15 is 0 Å². The molecule has 0 aromatic heterocycles. The van der Waals surface area contributed by atoms with Gasteiger partial charge in [0.1, 0.15) is 0 Å². The molecule has 1 aromatic rings. The molecule has 0 aliphatic carbocycles. The molecule has 0 nitrogen and oxygen atoms in total. The van der Waals surface area contributed by atoms with Gasteiger partial charge in [0.2, 0.25) is 0 Å². The second kappa shape index (κ2) is 6.05. The zero-order valence-corrected chi connectivity index (χ0v) is 10.0. The molecule has 15 heavy (non-hydrogen) atoms. The van der Waals surface area contributed by atoms with Crippen LogP contribution >= 0.6 is 0 Å². The van der Waals surface area contributed by atoms with Crippen molar-refractivity contribution in [2.24, 2.45) is 0 Å². The van der Waals surface area contributed by atoms with Crippen LogP contribution < -0.4 is 0 Å². The molecule has 4 heteroatoms. The molecule has 0 aliphatic heterocycles. The fourth-order valence-electron chi connectivity index (χ4n) is 1.14. The van der Waals surface area contributed by atoms with Gasteiger partial charge in [0.15, 0.2) is 4.90 Å². The summed E-state index contributed by atoms with van der Waals surface area (Å²) < 4.78 is 29.0. The molecule has 0 fully saturated rings. The Kier molecular flexibility index (Phi) is 5.80. The van der Waals surface area contributed by atoms with Gasteiger partial charge < -0.3 is 0 Å². The summed E-state index contributed by atoms with van der Waals surface area (Å²) in [4.78, 5) is 1.19.